The number of likely N-dealkylation sites (tertiary alicyclic amines) is 1. The monoisotopic (exact) mass is 439 g/mol. The largest absolute Gasteiger partial charge is 0.497 e. The fourth-order valence-electron chi connectivity index (χ4n) is 3.92. The Bertz CT molecular complexity index is 1060. The Morgan fingerprint density at radius 2 is 2.00 bits per heavy atom. The SMILES string of the molecule is COc1ccc(C=C2Oc3cc(OCC(=O)N4CCC[C@H]4CO)ccc3C2=O)c(OC)c1. The molecule has 0 bridgehead atoms. The second-order valence-corrected chi connectivity index (χ2v) is 7.56. The van der Waals surface area contributed by atoms with E-state index in [1.807, 2.05) is 0 Å². The van der Waals surface area contributed by atoms with Crippen molar-refractivity contribution in [2.45, 2.75) is 18.9 Å². The third kappa shape index (κ3) is 4.27. The zero-order chi connectivity index (χ0) is 22.7. The van der Waals surface area contributed by atoms with Crippen LogP contribution in [0.4, 0.5) is 0 Å². The summed E-state index contributed by atoms with van der Waals surface area (Å²) in [7, 11) is 3.11. The Labute approximate surface area is 185 Å². The van der Waals surface area contributed by atoms with Crippen molar-refractivity contribution >= 4 is 17.8 Å². The number of nitrogens with zero attached hydrogens (tertiary/aromatic N) is 1. The van der Waals surface area contributed by atoms with Gasteiger partial charge in [-0.05, 0) is 43.2 Å². The summed E-state index contributed by atoms with van der Waals surface area (Å²) in [6.45, 7) is 0.432. The minimum Gasteiger partial charge on any atom is -0.497 e. The molecule has 1 N–H and O–H groups in total. The molecule has 8 nitrogen and oxygen atoms in total. The third-order valence-corrected chi connectivity index (χ3v) is 5.64. The number of methoxy groups -OCH3 is 2. The van der Waals surface area contributed by atoms with E-state index in [9.17, 15) is 14.7 Å². The molecule has 0 radical (unpaired) electrons. The van der Waals surface area contributed by atoms with Crippen molar-refractivity contribution in [1.82, 2.24) is 4.90 Å². The smallest absolute Gasteiger partial charge is 0.260 e. The molecular formula is C24H25NO7. The number of amides is 1. The van der Waals surface area contributed by atoms with Crippen LogP contribution in [0.3, 0.4) is 0 Å². The van der Waals surface area contributed by atoms with Crippen LogP contribution in [0, 0.1) is 0 Å². The minimum absolute atomic E-state index is 0.0470. The number of carbonyl (C=O) groups is 2. The average molecular weight is 439 g/mol. The number of benzene rings is 2. The number of hydrogen-bond acceptors (Lipinski definition) is 7. The molecule has 0 saturated carbocycles. The molecule has 2 heterocycles. The van der Waals surface area contributed by atoms with E-state index >= 15 is 0 Å². The van der Waals surface area contributed by atoms with Gasteiger partial charge in [0.1, 0.15) is 23.0 Å². The second kappa shape index (κ2) is 9.32. The molecule has 4 rings (SSSR count). The predicted octanol–water partition coefficient (Wildman–Crippen LogP) is 2.68. The van der Waals surface area contributed by atoms with E-state index in [4.69, 9.17) is 18.9 Å². The van der Waals surface area contributed by atoms with Gasteiger partial charge in [-0.3, -0.25) is 9.59 Å². The lowest BCUT2D eigenvalue weighted by Crippen LogP contribution is -2.40. The molecule has 0 aromatic heterocycles. The Hall–Kier alpha value is -3.52. The number of fused-ring (bicyclic) bond motifs is 1. The lowest BCUT2D eigenvalue weighted by atomic mass is 10.1. The molecule has 0 aliphatic carbocycles. The van der Waals surface area contributed by atoms with Crippen molar-refractivity contribution in [3.05, 3.63) is 53.3 Å². The van der Waals surface area contributed by atoms with Crippen molar-refractivity contribution in [2.24, 2.45) is 0 Å². The molecule has 0 unspecified atom stereocenters. The van der Waals surface area contributed by atoms with Gasteiger partial charge >= 0.3 is 0 Å². The van der Waals surface area contributed by atoms with Gasteiger partial charge in [0.15, 0.2) is 12.4 Å². The molecule has 8 heteroatoms. The highest BCUT2D eigenvalue weighted by molar-refractivity contribution is 6.14. The van der Waals surface area contributed by atoms with Crippen molar-refractivity contribution < 1.29 is 33.6 Å². The maximum absolute atomic E-state index is 12.8. The highest BCUT2D eigenvalue weighted by Crippen LogP contribution is 2.36. The maximum atomic E-state index is 12.8. The number of ether oxygens (including phenoxy) is 4. The Kier molecular flexibility index (Phi) is 6.32. The van der Waals surface area contributed by atoms with Crippen LogP contribution in [0.1, 0.15) is 28.8 Å². The number of aliphatic hydroxyl groups excluding tert-OH is 1. The molecule has 1 amide bonds. The molecule has 2 aliphatic rings. The number of ketones is 1. The van der Waals surface area contributed by atoms with Crippen LogP contribution >= 0.6 is 0 Å². The average Bonchev–Trinajstić information content (AvgIpc) is 3.42. The van der Waals surface area contributed by atoms with Crippen LogP contribution in [0.2, 0.25) is 0 Å². The topological polar surface area (TPSA) is 94.5 Å². The molecule has 1 atom stereocenters. The van der Waals surface area contributed by atoms with Crippen molar-refractivity contribution in [2.75, 3.05) is 34.0 Å². The van der Waals surface area contributed by atoms with Crippen LogP contribution in [0.5, 0.6) is 23.0 Å². The first-order chi connectivity index (χ1) is 15.5. The summed E-state index contributed by atoms with van der Waals surface area (Å²) in [6.07, 6.45) is 3.29. The van der Waals surface area contributed by atoms with Gasteiger partial charge < -0.3 is 29.0 Å². The number of allylic oxidation sites excluding steroid dienone is 1. The summed E-state index contributed by atoms with van der Waals surface area (Å²) in [5.74, 6) is 1.73. The summed E-state index contributed by atoms with van der Waals surface area (Å²) < 4.78 is 22.0. The zero-order valence-electron chi connectivity index (χ0n) is 18.0. The van der Waals surface area contributed by atoms with Crippen LogP contribution in [0.25, 0.3) is 6.08 Å². The molecule has 0 spiro atoms. The molecule has 2 aliphatic heterocycles. The molecule has 32 heavy (non-hydrogen) atoms. The van der Waals surface area contributed by atoms with Gasteiger partial charge in [-0.2, -0.15) is 0 Å². The first-order valence-corrected chi connectivity index (χ1v) is 10.4. The van der Waals surface area contributed by atoms with Crippen LogP contribution in [-0.2, 0) is 4.79 Å². The standard InChI is InChI=1S/C24H25NO7/c1-29-17-6-5-15(20(11-17)30-2)10-22-24(28)19-8-7-18(12-21(19)32-22)31-14-23(27)25-9-3-4-16(25)13-26/h5-8,10-12,16,26H,3-4,9,13-14H2,1-2H3/t16-/m0/s1. The Morgan fingerprint density at radius 3 is 2.75 bits per heavy atom. The van der Waals surface area contributed by atoms with E-state index < -0.39 is 0 Å². The van der Waals surface area contributed by atoms with E-state index in [1.165, 1.54) is 0 Å². The summed E-state index contributed by atoms with van der Waals surface area (Å²) in [5, 5.41) is 9.39. The van der Waals surface area contributed by atoms with Gasteiger partial charge in [-0.15, -0.1) is 0 Å². The van der Waals surface area contributed by atoms with Gasteiger partial charge in [0.05, 0.1) is 32.4 Å². The lowest BCUT2D eigenvalue weighted by Gasteiger charge is -2.22. The van der Waals surface area contributed by atoms with E-state index in [0.29, 0.717) is 40.7 Å². The van der Waals surface area contributed by atoms with E-state index in [0.717, 1.165) is 12.8 Å². The summed E-state index contributed by atoms with van der Waals surface area (Å²) in [4.78, 5) is 26.8. The number of Topliss-reactive ketones (excluding diaryl/α,β-unsaturated/α-hetero) is 1. The number of aliphatic hydroxyl groups is 1. The van der Waals surface area contributed by atoms with E-state index in [2.05, 4.69) is 0 Å². The second-order valence-electron chi connectivity index (χ2n) is 7.56. The van der Waals surface area contributed by atoms with E-state index in [1.54, 1.807) is 61.6 Å². The fourth-order valence-corrected chi connectivity index (χ4v) is 3.92. The minimum atomic E-state index is -0.247. The fraction of sp³-hybridized carbons (Fsp3) is 0.333. The van der Waals surface area contributed by atoms with Crippen molar-refractivity contribution in [3.8, 4) is 23.0 Å². The van der Waals surface area contributed by atoms with Gasteiger partial charge in [0, 0.05) is 24.2 Å². The third-order valence-electron chi connectivity index (χ3n) is 5.64. The van der Waals surface area contributed by atoms with E-state index in [-0.39, 0.29) is 36.7 Å². The molecule has 1 fully saturated rings. The van der Waals surface area contributed by atoms with Gasteiger partial charge in [0.2, 0.25) is 5.78 Å². The Morgan fingerprint density at radius 1 is 1.19 bits per heavy atom. The molecule has 168 valence electrons. The molecule has 1 saturated heterocycles. The first kappa shape index (κ1) is 21.7. The van der Waals surface area contributed by atoms with Crippen LogP contribution in [-0.4, -0.2) is 61.7 Å². The highest BCUT2D eigenvalue weighted by atomic mass is 16.5. The number of hydrogen-bond donors (Lipinski definition) is 1. The maximum Gasteiger partial charge on any atom is 0.260 e. The van der Waals surface area contributed by atoms with Crippen molar-refractivity contribution in [3.63, 3.8) is 0 Å². The molecule has 2 aromatic rings. The number of carbonyl (C=O) groups excluding carboxylic acids is 2. The summed E-state index contributed by atoms with van der Waals surface area (Å²) in [6, 6.07) is 9.99. The quantitative estimate of drug-likeness (QED) is 0.663. The predicted molar refractivity (Wildman–Crippen MR) is 116 cm³/mol. The summed E-state index contributed by atoms with van der Waals surface area (Å²) >= 11 is 0. The first-order valence-electron chi connectivity index (χ1n) is 10.4. The summed E-state index contributed by atoms with van der Waals surface area (Å²) in [5.41, 5.74) is 1.10. The highest BCUT2D eigenvalue weighted by Gasteiger charge is 2.30. The normalized spacial score (nSPS) is 18.5. The van der Waals surface area contributed by atoms with Crippen LogP contribution < -0.4 is 18.9 Å². The van der Waals surface area contributed by atoms with Gasteiger partial charge in [0.25, 0.3) is 5.91 Å². The zero-order valence-corrected chi connectivity index (χ0v) is 18.0. The van der Waals surface area contributed by atoms with Crippen LogP contribution in [0.15, 0.2) is 42.2 Å². The molecule has 2 aromatic carbocycles. The van der Waals surface area contributed by atoms with Gasteiger partial charge in [-0.1, -0.05) is 0 Å². The van der Waals surface area contributed by atoms with Crippen molar-refractivity contribution in [1.29, 1.82) is 0 Å². The Balaban J connectivity index is 1.47. The van der Waals surface area contributed by atoms with Gasteiger partial charge in [-0.25, -0.2) is 0 Å². The molecular weight excluding hydrogens is 414 g/mol. The number of rotatable bonds is 7. The lowest BCUT2D eigenvalue weighted by molar-refractivity contribution is -0.134.